The molecule has 3 rings (SSSR count). The molecule has 0 amide bonds. The Morgan fingerprint density at radius 3 is 2.41 bits per heavy atom. The predicted molar refractivity (Wildman–Crippen MR) is 69.5 cm³/mol. The lowest BCUT2D eigenvalue weighted by Crippen LogP contribution is -2.43. The van der Waals surface area contributed by atoms with Crippen molar-refractivity contribution in [3.05, 3.63) is 0 Å². The van der Waals surface area contributed by atoms with Gasteiger partial charge in [0, 0.05) is 46.4 Å². The Morgan fingerprint density at radius 2 is 1.82 bits per heavy atom. The summed E-state index contributed by atoms with van der Waals surface area (Å²) < 4.78 is 19.3. The summed E-state index contributed by atoms with van der Waals surface area (Å²) in [6, 6.07) is 1.14. The molecule has 1 atom stereocenters. The first-order chi connectivity index (χ1) is 8.01. The molecule has 5 heteroatoms. The van der Waals surface area contributed by atoms with Gasteiger partial charge in [0.2, 0.25) is 0 Å². The molecule has 0 aromatic carbocycles. The molecule has 2 aliphatic carbocycles. The van der Waals surface area contributed by atoms with E-state index in [-0.39, 0.29) is 0 Å². The molecule has 3 aliphatic rings. The van der Waals surface area contributed by atoms with Gasteiger partial charge < -0.3 is 5.73 Å². The first kappa shape index (κ1) is 11.9. The molecule has 1 aliphatic heterocycles. The Bertz CT molecular complexity index is 384. The average Bonchev–Trinajstić information content (AvgIpc) is 2.98. The second kappa shape index (κ2) is 3.93. The summed E-state index contributed by atoms with van der Waals surface area (Å²) in [6.07, 6.45) is 6.25. The highest BCUT2D eigenvalue weighted by atomic mass is 32.2. The van der Waals surface area contributed by atoms with Crippen LogP contribution >= 0.6 is 0 Å². The molecule has 1 spiro atoms. The van der Waals surface area contributed by atoms with Gasteiger partial charge in [0.05, 0.1) is 0 Å². The lowest BCUT2D eigenvalue weighted by atomic mass is 9.83. The van der Waals surface area contributed by atoms with Gasteiger partial charge in [-0.05, 0) is 37.5 Å². The summed E-state index contributed by atoms with van der Waals surface area (Å²) in [7, 11) is -2.23. The second-order valence-electron chi connectivity index (χ2n) is 6.18. The minimum atomic E-state index is -2.23. The number of nitrogens with one attached hydrogen (secondary N) is 1. The highest BCUT2D eigenvalue weighted by Crippen LogP contribution is 2.58. The summed E-state index contributed by atoms with van der Waals surface area (Å²) in [5.41, 5.74) is 6.52. The summed E-state index contributed by atoms with van der Waals surface area (Å²) in [6.45, 7) is 1.75. The SMILES string of the molecule is N=S1(=O)CCN([C@@H]2CC23CCC(N)CC3)CC1. The van der Waals surface area contributed by atoms with Crippen LogP contribution < -0.4 is 5.73 Å². The van der Waals surface area contributed by atoms with E-state index in [0.717, 1.165) is 13.1 Å². The molecule has 0 aromatic rings. The summed E-state index contributed by atoms with van der Waals surface area (Å²) in [5, 5.41) is 0. The fraction of sp³-hybridized carbons (Fsp3) is 1.00. The second-order valence-corrected chi connectivity index (χ2v) is 8.62. The van der Waals surface area contributed by atoms with Gasteiger partial charge in [0.15, 0.2) is 0 Å². The van der Waals surface area contributed by atoms with Crippen LogP contribution in [0.1, 0.15) is 32.1 Å². The largest absolute Gasteiger partial charge is 0.328 e. The van der Waals surface area contributed by atoms with Gasteiger partial charge in [-0.15, -0.1) is 0 Å². The van der Waals surface area contributed by atoms with Crippen molar-refractivity contribution >= 4 is 9.73 Å². The van der Waals surface area contributed by atoms with Crippen LogP contribution in [0.2, 0.25) is 0 Å². The van der Waals surface area contributed by atoms with Crippen LogP contribution in [0.5, 0.6) is 0 Å². The summed E-state index contributed by atoms with van der Waals surface area (Å²) in [4.78, 5) is 2.49. The number of hydrogen-bond acceptors (Lipinski definition) is 4. The van der Waals surface area contributed by atoms with Crippen LogP contribution in [-0.4, -0.2) is 45.8 Å². The van der Waals surface area contributed by atoms with Gasteiger partial charge in [-0.3, -0.25) is 9.68 Å². The van der Waals surface area contributed by atoms with Crippen molar-refractivity contribution in [1.29, 1.82) is 4.78 Å². The van der Waals surface area contributed by atoms with Crippen LogP contribution in [0.4, 0.5) is 0 Å². The smallest absolute Gasteiger partial charge is 0.0466 e. The van der Waals surface area contributed by atoms with E-state index in [4.69, 9.17) is 10.5 Å². The van der Waals surface area contributed by atoms with Crippen LogP contribution in [0.3, 0.4) is 0 Å². The van der Waals surface area contributed by atoms with Crippen molar-refractivity contribution in [3.63, 3.8) is 0 Å². The summed E-state index contributed by atoms with van der Waals surface area (Å²) in [5.74, 6) is 1.16. The maximum Gasteiger partial charge on any atom is 0.0466 e. The van der Waals surface area contributed by atoms with E-state index in [9.17, 15) is 4.21 Å². The molecule has 0 aromatic heterocycles. The standard InChI is InChI=1S/C12H23N3OS/c13-10-1-3-12(4-2-10)9-11(12)15-5-7-17(14,16)8-6-15/h10-11,14H,1-9,13H2/t10?,11-,12?/m1/s1. The maximum absolute atomic E-state index is 11.6. The van der Waals surface area contributed by atoms with Gasteiger partial charge in [-0.25, -0.2) is 4.21 Å². The van der Waals surface area contributed by atoms with Gasteiger partial charge in [0.1, 0.15) is 0 Å². The van der Waals surface area contributed by atoms with E-state index < -0.39 is 9.73 Å². The van der Waals surface area contributed by atoms with Crippen molar-refractivity contribution in [3.8, 4) is 0 Å². The molecule has 4 nitrogen and oxygen atoms in total. The first-order valence-electron chi connectivity index (χ1n) is 6.75. The monoisotopic (exact) mass is 257 g/mol. The fourth-order valence-electron chi connectivity index (χ4n) is 3.65. The molecule has 0 radical (unpaired) electrons. The number of hydrogen-bond donors (Lipinski definition) is 2. The molecular formula is C12H23N3OS. The average molecular weight is 257 g/mol. The van der Waals surface area contributed by atoms with Gasteiger partial charge in [0.25, 0.3) is 0 Å². The van der Waals surface area contributed by atoms with Gasteiger partial charge in [-0.2, -0.15) is 0 Å². The third-order valence-corrected chi connectivity index (χ3v) is 6.71. The highest BCUT2D eigenvalue weighted by Gasteiger charge is 2.57. The molecular weight excluding hydrogens is 234 g/mol. The molecule has 3 N–H and O–H groups in total. The normalized spacial score (nSPS) is 45.9. The summed E-state index contributed by atoms with van der Waals surface area (Å²) >= 11 is 0. The third kappa shape index (κ3) is 2.25. The molecule has 98 valence electrons. The topological polar surface area (TPSA) is 70.2 Å². The van der Waals surface area contributed by atoms with Crippen molar-refractivity contribution in [2.24, 2.45) is 11.1 Å². The minimum Gasteiger partial charge on any atom is -0.328 e. The van der Waals surface area contributed by atoms with Crippen molar-refractivity contribution in [2.75, 3.05) is 24.6 Å². The van der Waals surface area contributed by atoms with Crippen LogP contribution in [0, 0.1) is 10.2 Å². The zero-order valence-electron chi connectivity index (χ0n) is 10.4. The minimum absolute atomic E-state index is 0.426. The lowest BCUT2D eigenvalue weighted by molar-refractivity contribution is 0.203. The van der Waals surface area contributed by atoms with E-state index in [0.29, 0.717) is 29.0 Å². The Labute approximate surface area is 104 Å². The quantitative estimate of drug-likeness (QED) is 0.736. The Hall–Kier alpha value is -0.130. The van der Waals surface area contributed by atoms with Crippen LogP contribution in [-0.2, 0) is 9.73 Å². The van der Waals surface area contributed by atoms with E-state index in [2.05, 4.69) is 4.90 Å². The van der Waals surface area contributed by atoms with E-state index in [1.165, 1.54) is 32.1 Å². The van der Waals surface area contributed by atoms with Crippen molar-refractivity contribution < 1.29 is 4.21 Å². The number of rotatable bonds is 1. The third-order valence-electron chi connectivity index (χ3n) is 5.03. The lowest BCUT2D eigenvalue weighted by Gasteiger charge is -2.33. The highest BCUT2D eigenvalue weighted by molar-refractivity contribution is 7.92. The fourth-order valence-corrected chi connectivity index (χ4v) is 4.91. The number of nitrogens with two attached hydrogens (primary N) is 1. The first-order valence-corrected chi connectivity index (χ1v) is 8.64. The molecule has 17 heavy (non-hydrogen) atoms. The molecule has 0 bridgehead atoms. The zero-order chi connectivity index (χ0) is 12.1. The zero-order valence-corrected chi connectivity index (χ0v) is 11.2. The van der Waals surface area contributed by atoms with Crippen LogP contribution in [0.15, 0.2) is 0 Å². The molecule has 1 saturated heterocycles. The molecule has 0 unspecified atom stereocenters. The molecule has 3 fully saturated rings. The van der Waals surface area contributed by atoms with Crippen LogP contribution in [0.25, 0.3) is 0 Å². The van der Waals surface area contributed by atoms with E-state index >= 15 is 0 Å². The van der Waals surface area contributed by atoms with Gasteiger partial charge >= 0.3 is 0 Å². The van der Waals surface area contributed by atoms with Gasteiger partial charge in [-0.1, -0.05) is 0 Å². The molecule has 2 saturated carbocycles. The predicted octanol–water partition coefficient (Wildman–Crippen LogP) is 1.01. The van der Waals surface area contributed by atoms with Crippen molar-refractivity contribution in [1.82, 2.24) is 4.90 Å². The Morgan fingerprint density at radius 1 is 1.24 bits per heavy atom. The Kier molecular flexibility index (Phi) is 2.76. The van der Waals surface area contributed by atoms with E-state index in [1.54, 1.807) is 0 Å². The van der Waals surface area contributed by atoms with E-state index in [1.807, 2.05) is 0 Å². The number of nitrogens with zero attached hydrogens (tertiary/aromatic N) is 1. The molecule has 1 heterocycles. The Balaban J connectivity index is 1.58. The maximum atomic E-state index is 11.6. The van der Waals surface area contributed by atoms with Crippen molar-refractivity contribution in [2.45, 2.75) is 44.2 Å².